The highest BCUT2D eigenvalue weighted by Gasteiger charge is 2.19. The van der Waals surface area contributed by atoms with Crippen LogP contribution in [0.15, 0.2) is 48.8 Å². The van der Waals surface area contributed by atoms with Gasteiger partial charge in [-0.3, -0.25) is 0 Å². The average molecular weight is 391 g/mol. The summed E-state index contributed by atoms with van der Waals surface area (Å²) >= 11 is 6.21. The molecule has 1 aromatic carbocycles. The van der Waals surface area contributed by atoms with Crippen LogP contribution >= 0.6 is 11.6 Å². The van der Waals surface area contributed by atoms with Gasteiger partial charge in [-0.05, 0) is 13.0 Å². The third kappa shape index (κ3) is 3.19. The molecule has 4 aromatic rings. The van der Waals surface area contributed by atoms with Crippen LogP contribution in [0.2, 0.25) is 5.15 Å². The monoisotopic (exact) mass is 390 g/mol. The molecule has 1 atom stereocenters. The van der Waals surface area contributed by atoms with E-state index in [9.17, 15) is 5.26 Å². The number of fused-ring (bicyclic) bond motifs is 1. The molecular weight excluding hydrogens is 376 g/mol. The van der Waals surface area contributed by atoms with Crippen LogP contribution in [0.25, 0.3) is 16.9 Å². The molecule has 0 fully saturated rings. The van der Waals surface area contributed by atoms with Gasteiger partial charge in [0.25, 0.3) is 0 Å². The molecule has 0 saturated carbocycles. The number of nitrogens with two attached hydrogens (primary N) is 1. The number of hydrogen-bond acceptors (Lipinski definition) is 7. The smallest absolute Gasteiger partial charge is 0.222 e. The summed E-state index contributed by atoms with van der Waals surface area (Å²) in [7, 11) is 0. The van der Waals surface area contributed by atoms with Gasteiger partial charge < -0.3 is 11.1 Å². The normalized spacial score (nSPS) is 11.9. The van der Waals surface area contributed by atoms with Crippen LogP contribution < -0.4 is 11.1 Å². The standard InChI is InChI=1S/C19H15ClN8/c1-11(25-18-13(8-21)9-24-19(22)26-18)14-7-16-23-10-15(20)28(16)27-17(14)12-5-3-2-4-6-12/h2-7,9-11H,1H3,(H3,22,24,25,26)/t11-/m0/s1. The van der Waals surface area contributed by atoms with Crippen molar-refractivity contribution in [3.63, 3.8) is 0 Å². The second-order valence-electron chi connectivity index (χ2n) is 6.13. The first kappa shape index (κ1) is 17.7. The molecule has 0 aliphatic heterocycles. The predicted octanol–water partition coefficient (Wildman–Crippen LogP) is 3.47. The summed E-state index contributed by atoms with van der Waals surface area (Å²) in [6.45, 7) is 1.95. The minimum absolute atomic E-state index is 0.0885. The largest absolute Gasteiger partial charge is 0.368 e. The van der Waals surface area contributed by atoms with Gasteiger partial charge in [-0.25, -0.2) is 14.5 Å². The molecule has 0 unspecified atom stereocenters. The number of halogens is 1. The van der Waals surface area contributed by atoms with E-state index in [4.69, 9.17) is 17.3 Å². The van der Waals surface area contributed by atoms with Gasteiger partial charge >= 0.3 is 0 Å². The predicted molar refractivity (Wildman–Crippen MR) is 107 cm³/mol. The number of nitrogens with one attached hydrogen (secondary N) is 1. The first-order valence-corrected chi connectivity index (χ1v) is 8.83. The Hall–Kier alpha value is -3.70. The molecular formula is C19H15ClN8. The van der Waals surface area contributed by atoms with E-state index in [1.807, 2.05) is 43.3 Å². The Morgan fingerprint density at radius 3 is 2.75 bits per heavy atom. The van der Waals surface area contributed by atoms with E-state index in [2.05, 4.69) is 31.4 Å². The highest BCUT2D eigenvalue weighted by molar-refractivity contribution is 6.29. The molecule has 138 valence electrons. The maximum absolute atomic E-state index is 9.32. The highest BCUT2D eigenvalue weighted by Crippen LogP contribution is 2.30. The topological polar surface area (TPSA) is 118 Å². The van der Waals surface area contributed by atoms with Crippen LogP contribution in [0, 0.1) is 11.3 Å². The van der Waals surface area contributed by atoms with Gasteiger partial charge in [0.15, 0.2) is 10.8 Å². The van der Waals surface area contributed by atoms with E-state index in [1.54, 1.807) is 10.7 Å². The number of nitrogens with zero attached hydrogens (tertiary/aromatic N) is 6. The Labute approximate surface area is 165 Å². The summed E-state index contributed by atoms with van der Waals surface area (Å²) in [5.74, 6) is 0.452. The van der Waals surface area contributed by atoms with E-state index in [0.29, 0.717) is 22.2 Å². The van der Waals surface area contributed by atoms with E-state index < -0.39 is 0 Å². The first-order valence-electron chi connectivity index (χ1n) is 8.45. The zero-order chi connectivity index (χ0) is 19.7. The van der Waals surface area contributed by atoms with E-state index >= 15 is 0 Å². The van der Waals surface area contributed by atoms with Crippen molar-refractivity contribution in [2.75, 3.05) is 11.1 Å². The van der Waals surface area contributed by atoms with Crippen LogP contribution in [0.4, 0.5) is 11.8 Å². The van der Waals surface area contributed by atoms with Gasteiger partial charge in [-0.1, -0.05) is 41.9 Å². The fourth-order valence-electron chi connectivity index (χ4n) is 2.92. The molecule has 3 heterocycles. The molecule has 0 amide bonds. The minimum atomic E-state index is -0.246. The molecule has 0 bridgehead atoms. The van der Waals surface area contributed by atoms with Gasteiger partial charge in [0.1, 0.15) is 17.5 Å². The Morgan fingerprint density at radius 2 is 2.00 bits per heavy atom. The third-order valence-electron chi connectivity index (χ3n) is 4.28. The first-order chi connectivity index (χ1) is 13.6. The lowest BCUT2D eigenvalue weighted by Crippen LogP contribution is -2.13. The fraction of sp³-hybridized carbons (Fsp3) is 0.105. The maximum Gasteiger partial charge on any atom is 0.222 e. The molecule has 4 rings (SSSR count). The van der Waals surface area contributed by atoms with Crippen molar-refractivity contribution in [1.29, 1.82) is 5.26 Å². The Morgan fingerprint density at radius 1 is 1.21 bits per heavy atom. The van der Waals surface area contributed by atoms with Crippen molar-refractivity contribution < 1.29 is 0 Å². The molecule has 0 aliphatic carbocycles. The number of rotatable bonds is 4. The summed E-state index contributed by atoms with van der Waals surface area (Å²) in [5.41, 5.74) is 9.16. The number of benzene rings is 1. The molecule has 0 aliphatic rings. The second kappa shape index (κ2) is 7.13. The van der Waals surface area contributed by atoms with E-state index in [-0.39, 0.29) is 12.0 Å². The molecule has 0 saturated heterocycles. The van der Waals surface area contributed by atoms with Gasteiger partial charge in [0.05, 0.1) is 24.1 Å². The second-order valence-corrected chi connectivity index (χ2v) is 6.52. The van der Waals surface area contributed by atoms with Gasteiger partial charge in [-0.2, -0.15) is 15.3 Å². The molecule has 3 N–H and O–H groups in total. The summed E-state index contributed by atoms with van der Waals surface area (Å²) in [6, 6.07) is 13.5. The van der Waals surface area contributed by atoms with E-state index in [0.717, 1.165) is 16.8 Å². The van der Waals surface area contributed by atoms with Gasteiger partial charge in [-0.15, -0.1) is 0 Å². The molecule has 0 spiro atoms. The summed E-state index contributed by atoms with van der Waals surface area (Å²) in [6.07, 6.45) is 2.95. The highest BCUT2D eigenvalue weighted by atomic mass is 35.5. The Kier molecular flexibility index (Phi) is 4.51. The summed E-state index contributed by atoms with van der Waals surface area (Å²) < 4.78 is 1.59. The van der Waals surface area contributed by atoms with Crippen molar-refractivity contribution in [3.8, 4) is 17.3 Å². The van der Waals surface area contributed by atoms with Crippen molar-refractivity contribution in [2.45, 2.75) is 13.0 Å². The number of imidazole rings is 1. The Balaban J connectivity index is 1.83. The lowest BCUT2D eigenvalue weighted by Gasteiger charge is -2.19. The lowest BCUT2D eigenvalue weighted by atomic mass is 10.0. The van der Waals surface area contributed by atoms with Gasteiger partial charge in [0.2, 0.25) is 5.95 Å². The van der Waals surface area contributed by atoms with Crippen LogP contribution in [0.3, 0.4) is 0 Å². The van der Waals surface area contributed by atoms with Crippen molar-refractivity contribution in [2.24, 2.45) is 0 Å². The van der Waals surface area contributed by atoms with Gasteiger partial charge in [0, 0.05) is 11.1 Å². The summed E-state index contributed by atoms with van der Waals surface area (Å²) in [5, 5.41) is 17.7. The quantitative estimate of drug-likeness (QED) is 0.547. The maximum atomic E-state index is 9.32. The van der Waals surface area contributed by atoms with Crippen LogP contribution in [0.5, 0.6) is 0 Å². The number of nitrogen functional groups attached to an aromatic ring is 1. The molecule has 9 heteroatoms. The zero-order valence-electron chi connectivity index (χ0n) is 14.8. The van der Waals surface area contributed by atoms with Crippen molar-refractivity contribution in [3.05, 3.63) is 65.1 Å². The molecule has 0 radical (unpaired) electrons. The van der Waals surface area contributed by atoms with Crippen molar-refractivity contribution in [1.82, 2.24) is 24.6 Å². The zero-order valence-corrected chi connectivity index (χ0v) is 15.6. The fourth-order valence-corrected chi connectivity index (χ4v) is 3.09. The molecule has 28 heavy (non-hydrogen) atoms. The average Bonchev–Trinajstić information content (AvgIpc) is 3.08. The van der Waals surface area contributed by atoms with Crippen molar-refractivity contribution >= 4 is 29.0 Å². The number of nitriles is 1. The number of aromatic nitrogens is 5. The third-order valence-corrected chi connectivity index (χ3v) is 4.53. The molecule has 8 nitrogen and oxygen atoms in total. The number of anilines is 2. The van der Waals surface area contributed by atoms with Crippen LogP contribution in [-0.4, -0.2) is 24.6 Å². The lowest BCUT2D eigenvalue weighted by molar-refractivity contribution is 0.840. The minimum Gasteiger partial charge on any atom is -0.368 e. The SMILES string of the molecule is C[C@H](Nc1nc(N)ncc1C#N)c1cc2ncc(Cl)n2nc1-c1ccccc1. The number of hydrogen-bond donors (Lipinski definition) is 2. The van der Waals surface area contributed by atoms with Crippen LogP contribution in [0.1, 0.15) is 24.1 Å². The Bertz CT molecular complexity index is 1200. The summed E-state index contributed by atoms with van der Waals surface area (Å²) in [4.78, 5) is 12.3. The van der Waals surface area contributed by atoms with E-state index in [1.165, 1.54) is 6.20 Å². The van der Waals surface area contributed by atoms with Crippen LogP contribution in [-0.2, 0) is 0 Å². The molecule has 3 aromatic heterocycles.